The van der Waals surface area contributed by atoms with Gasteiger partial charge in [0.25, 0.3) is 0 Å². The normalized spacial score (nSPS) is 11.9. The van der Waals surface area contributed by atoms with Crippen LogP contribution in [0.2, 0.25) is 0 Å². The van der Waals surface area contributed by atoms with Gasteiger partial charge >= 0.3 is 0 Å². The third kappa shape index (κ3) is 7.75. The van der Waals surface area contributed by atoms with Crippen LogP contribution in [-0.2, 0) is 22.6 Å². The summed E-state index contributed by atoms with van der Waals surface area (Å²) in [6.07, 6.45) is 0.396. The van der Waals surface area contributed by atoms with Gasteiger partial charge in [-0.1, -0.05) is 31.2 Å². The average molecular weight is 307 g/mol. The van der Waals surface area contributed by atoms with Gasteiger partial charge in [-0.15, -0.1) is 0 Å². The van der Waals surface area contributed by atoms with E-state index >= 15 is 0 Å². The van der Waals surface area contributed by atoms with Crippen molar-refractivity contribution in [3.63, 3.8) is 0 Å². The Hall–Kier alpha value is -1.92. The Balaban J connectivity index is 2.18. The molecule has 0 aromatic heterocycles. The van der Waals surface area contributed by atoms with Crippen molar-refractivity contribution < 1.29 is 14.7 Å². The fraction of sp³-hybridized carbons (Fsp3) is 0.500. The van der Waals surface area contributed by atoms with Gasteiger partial charge < -0.3 is 21.5 Å². The van der Waals surface area contributed by atoms with Gasteiger partial charge in [0.1, 0.15) is 0 Å². The molecule has 0 saturated heterocycles. The smallest absolute Gasteiger partial charge is 0.220 e. The Morgan fingerprint density at radius 1 is 1.23 bits per heavy atom. The van der Waals surface area contributed by atoms with Crippen LogP contribution in [0.15, 0.2) is 24.3 Å². The molecule has 0 heterocycles. The molecule has 6 heteroatoms. The number of hydrogen-bond acceptors (Lipinski definition) is 4. The van der Waals surface area contributed by atoms with E-state index in [2.05, 4.69) is 29.7 Å². The van der Waals surface area contributed by atoms with Crippen LogP contribution in [0, 0.1) is 0 Å². The Morgan fingerprint density at radius 2 is 1.95 bits per heavy atom. The van der Waals surface area contributed by atoms with E-state index in [0.29, 0.717) is 13.1 Å². The van der Waals surface area contributed by atoms with E-state index in [9.17, 15) is 14.7 Å². The molecule has 0 radical (unpaired) electrons. The Morgan fingerprint density at radius 3 is 2.64 bits per heavy atom. The lowest BCUT2D eigenvalue weighted by molar-refractivity contribution is -0.125. The number of hydrogen-bond donors (Lipinski definition) is 4. The molecule has 1 aromatic carbocycles. The first kappa shape index (κ1) is 18.1. The van der Waals surface area contributed by atoms with Gasteiger partial charge in [-0.25, -0.2) is 0 Å². The molecule has 1 unspecified atom stereocenters. The van der Waals surface area contributed by atoms with Gasteiger partial charge in [0.15, 0.2) is 0 Å². The van der Waals surface area contributed by atoms with Gasteiger partial charge in [0, 0.05) is 32.5 Å². The molecule has 0 spiro atoms. The second-order valence-corrected chi connectivity index (χ2v) is 5.23. The standard InChI is InChI=1S/C16H25N3O3/c1-2-12-4-3-5-13(8-12)9-18-10-14(20)11-19-16(22)7-6-15(17)21/h3-5,8,14,18,20H,2,6-7,9-11H2,1H3,(H2,17,21)(H,19,22). The molecule has 0 aliphatic heterocycles. The Kier molecular flexibility index (Phi) is 8.17. The minimum Gasteiger partial charge on any atom is -0.390 e. The topological polar surface area (TPSA) is 104 Å². The largest absolute Gasteiger partial charge is 0.390 e. The van der Waals surface area contributed by atoms with Crippen LogP contribution in [-0.4, -0.2) is 36.1 Å². The fourth-order valence-electron chi connectivity index (χ4n) is 1.97. The quantitative estimate of drug-likeness (QED) is 0.491. The molecule has 0 bridgehead atoms. The first-order valence-corrected chi connectivity index (χ1v) is 7.52. The lowest BCUT2D eigenvalue weighted by Gasteiger charge is -2.13. The summed E-state index contributed by atoms with van der Waals surface area (Å²) in [4.78, 5) is 21.9. The minimum atomic E-state index is -0.674. The second-order valence-electron chi connectivity index (χ2n) is 5.23. The molecule has 0 fully saturated rings. The molecule has 0 aliphatic carbocycles. The Bertz CT molecular complexity index is 491. The summed E-state index contributed by atoms with van der Waals surface area (Å²) in [5.41, 5.74) is 7.40. The van der Waals surface area contributed by atoms with Crippen LogP contribution in [0.25, 0.3) is 0 Å². The van der Waals surface area contributed by atoms with E-state index in [1.165, 1.54) is 5.56 Å². The van der Waals surface area contributed by atoms with Crippen LogP contribution in [0.4, 0.5) is 0 Å². The highest BCUT2D eigenvalue weighted by molar-refractivity contribution is 5.82. The van der Waals surface area contributed by atoms with E-state index in [4.69, 9.17) is 5.73 Å². The number of nitrogens with two attached hydrogens (primary N) is 1. The summed E-state index contributed by atoms with van der Waals surface area (Å²) >= 11 is 0. The second kappa shape index (κ2) is 9.92. The number of nitrogens with one attached hydrogen (secondary N) is 2. The highest BCUT2D eigenvalue weighted by atomic mass is 16.3. The number of aliphatic hydroxyl groups is 1. The summed E-state index contributed by atoms with van der Waals surface area (Å²) in [6.45, 7) is 3.31. The number of rotatable bonds is 10. The number of benzene rings is 1. The molecule has 0 saturated carbocycles. The molecule has 0 aliphatic rings. The lowest BCUT2D eigenvalue weighted by Crippen LogP contribution is -2.38. The summed E-state index contributed by atoms with van der Waals surface area (Å²) < 4.78 is 0. The average Bonchev–Trinajstić information content (AvgIpc) is 2.51. The minimum absolute atomic E-state index is 0.0218. The molecule has 1 rings (SSSR count). The van der Waals surface area contributed by atoms with Gasteiger partial charge in [-0.2, -0.15) is 0 Å². The highest BCUT2D eigenvalue weighted by Crippen LogP contribution is 2.05. The maximum absolute atomic E-state index is 11.4. The number of carbonyl (C=O) groups is 2. The molecule has 5 N–H and O–H groups in total. The van der Waals surface area contributed by atoms with Gasteiger partial charge in [-0.3, -0.25) is 9.59 Å². The van der Waals surface area contributed by atoms with Gasteiger partial charge in [-0.05, 0) is 17.5 Å². The first-order valence-electron chi connectivity index (χ1n) is 7.52. The molecule has 122 valence electrons. The highest BCUT2D eigenvalue weighted by Gasteiger charge is 2.08. The van der Waals surface area contributed by atoms with Crippen molar-refractivity contribution in [2.45, 2.75) is 38.8 Å². The number of primary amides is 1. The molecule has 2 amide bonds. The van der Waals surface area contributed by atoms with E-state index in [-0.39, 0.29) is 25.3 Å². The monoisotopic (exact) mass is 307 g/mol. The van der Waals surface area contributed by atoms with Crippen LogP contribution < -0.4 is 16.4 Å². The van der Waals surface area contributed by atoms with Crippen molar-refractivity contribution in [2.24, 2.45) is 5.73 Å². The van der Waals surface area contributed by atoms with E-state index in [1.54, 1.807) is 0 Å². The predicted octanol–water partition coefficient (Wildman–Crippen LogP) is 0.0812. The van der Waals surface area contributed by atoms with Crippen LogP contribution in [0.3, 0.4) is 0 Å². The molecule has 6 nitrogen and oxygen atoms in total. The molecular weight excluding hydrogens is 282 g/mol. The fourth-order valence-corrected chi connectivity index (χ4v) is 1.97. The molecule has 22 heavy (non-hydrogen) atoms. The van der Waals surface area contributed by atoms with Gasteiger partial charge in [0.05, 0.1) is 6.10 Å². The van der Waals surface area contributed by atoms with Crippen molar-refractivity contribution in [1.29, 1.82) is 0 Å². The number of amides is 2. The number of aliphatic hydroxyl groups excluding tert-OH is 1. The van der Waals surface area contributed by atoms with E-state index < -0.39 is 12.0 Å². The van der Waals surface area contributed by atoms with Crippen molar-refractivity contribution >= 4 is 11.8 Å². The van der Waals surface area contributed by atoms with Crippen LogP contribution in [0.5, 0.6) is 0 Å². The summed E-state index contributed by atoms with van der Waals surface area (Å²) in [6, 6.07) is 8.26. The van der Waals surface area contributed by atoms with Gasteiger partial charge in [0.2, 0.25) is 11.8 Å². The number of carbonyl (C=O) groups excluding carboxylic acids is 2. The summed E-state index contributed by atoms with van der Waals surface area (Å²) in [5.74, 6) is -0.792. The van der Waals surface area contributed by atoms with E-state index in [1.807, 2.05) is 12.1 Å². The third-order valence-corrected chi connectivity index (χ3v) is 3.24. The Labute approximate surface area is 131 Å². The maximum Gasteiger partial charge on any atom is 0.220 e. The number of aryl methyl sites for hydroxylation is 1. The first-order chi connectivity index (χ1) is 10.5. The molecule has 1 aromatic rings. The maximum atomic E-state index is 11.4. The zero-order chi connectivity index (χ0) is 16.4. The van der Waals surface area contributed by atoms with Crippen molar-refractivity contribution in [3.05, 3.63) is 35.4 Å². The van der Waals surface area contributed by atoms with Crippen molar-refractivity contribution in [2.75, 3.05) is 13.1 Å². The molecular formula is C16H25N3O3. The van der Waals surface area contributed by atoms with Crippen molar-refractivity contribution in [3.8, 4) is 0 Å². The van der Waals surface area contributed by atoms with E-state index in [0.717, 1.165) is 12.0 Å². The SMILES string of the molecule is CCc1cccc(CNCC(O)CNC(=O)CCC(N)=O)c1. The zero-order valence-electron chi connectivity index (χ0n) is 13.0. The lowest BCUT2D eigenvalue weighted by atomic mass is 10.1. The van der Waals surface area contributed by atoms with Crippen LogP contribution in [0.1, 0.15) is 30.9 Å². The zero-order valence-corrected chi connectivity index (χ0v) is 13.0. The van der Waals surface area contributed by atoms with Crippen molar-refractivity contribution in [1.82, 2.24) is 10.6 Å². The summed E-state index contributed by atoms with van der Waals surface area (Å²) in [7, 11) is 0. The molecule has 1 atom stereocenters. The summed E-state index contributed by atoms with van der Waals surface area (Å²) in [5, 5.41) is 15.5. The third-order valence-electron chi connectivity index (χ3n) is 3.24. The predicted molar refractivity (Wildman–Crippen MR) is 85.0 cm³/mol. The van der Waals surface area contributed by atoms with Crippen LogP contribution >= 0.6 is 0 Å².